The maximum atomic E-state index is 12.1. The van der Waals surface area contributed by atoms with Crippen LogP contribution in [0.3, 0.4) is 0 Å². The topological polar surface area (TPSA) is 88.4 Å². The smallest absolute Gasteiger partial charge is 0.240 e. The number of nitrogens with zero attached hydrogens (tertiary/aromatic N) is 3. The lowest BCUT2D eigenvalue weighted by molar-refractivity contribution is 0.570. The van der Waals surface area contributed by atoms with E-state index < -0.39 is 10.0 Å². The molecule has 2 N–H and O–H groups in total. The minimum absolute atomic E-state index is 0.142. The van der Waals surface area contributed by atoms with Gasteiger partial charge in [0.2, 0.25) is 15.8 Å². The Balaban J connectivity index is 1.68. The van der Waals surface area contributed by atoms with E-state index in [0.29, 0.717) is 12.3 Å². The molecule has 0 spiro atoms. The summed E-state index contributed by atoms with van der Waals surface area (Å²) < 4.78 is 28.6. The van der Waals surface area contributed by atoms with Gasteiger partial charge in [0, 0.05) is 30.3 Å². The molecule has 0 aliphatic carbocycles. The van der Waals surface area contributed by atoms with E-state index in [1.54, 1.807) is 44.3 Å². The van der Waals surface area contributed by atoms with Crippen LogP contribution in [0.2, 0.25) is 0 Å². The Kier molecular flexibility index (Phi) is 4.50. The Morgan fingerprint density at radius 2 is 1.96 bits per heavy atom. The van der Waals surface area contributed by atoms with Crippen LogP contribution < -0.4 is 10.0 Å². The summed E-state index contributed by atoms with van der Waals surface area (Å²) in [5, 5.41) is 3.22. The summed E-state index contributed by atoms with van der Waals surface area (Å²) in [6, 6.07) is 8.34. The van der Waals surface area contributed by atoms with E-state index in [1.165, 1.54) is 0 Å². The van der Waals surface area contributed by atoms with Crippen molar-refractivity contribution in [1.29, 1.82) is 0 Å². The fourth-order valence-corrected chi connectivity index (χ4v) is 3.54. The summed E-state index contributed by atoms with van der Waals surface area (Å²) in [5.41, 5.74) is 1.68. The highest BCUT2D eigenvalue weighted by Crippen LogP contribution is 2.15. The van der Waals surface area contributed by atoms with Crippen LogP contribution in [0.25, 0.3) is 5.78 Å². The van der Waals surface area contributed by atoms with Crippen LogP contribution in [0.4, 0.5) is 5.69 Å². The Bertz CT molecular complexity index is 900. The van der Waals surface area contributed by atoms with E-state index in [0.717, 1.165) is 11.4 Å². The molecule has 8 heteroatoms. The van der Waals surface area contributed by atoms with Crippen molar-refractivity contribution in [2.45, 2.75) is 31.3 Å². The summed E-state index contributed by atoms with van der Waals surface area (Å²) in [6.07, 6.45) is 5.49. The maximum Gasteiger partial charge on any atom is 0.240 e. The second kappa shape index (κ2) is 6.58. The van der Waals surface area contributed by atoms with Gasteiger partial charge in [0.25, 0.3) is 0 Å². The van der Waals surface area contributed by atoms with E-state index in [-0.39, 0.29) is 10.9 Å². The number of sulfonamides is 1. The number of anilines is 1. The number of benzene rings is 1. The summed E-state index contributed by atoms with van der Waals surface area (Å²) in [4.78, 5) is 8.82. The zero-order valence-electron chi connectivity index (χ0n) is 13.5. The monoisotopic (exact) mass is 345 g/mol. The molecule has 0 aliphatic rings. The van der Waals surface area contributed by atoms with Crippen molar-refractivity contribution in [3.05, 3.63) is 54.6 Å². The minimum Gasteiger partial charge on any atom is -0.379 e. The van der Waals surface area contributed by atoms with Crippen LogP contribution >= 0.6 is 0 Å². The SMILES string of the molecule is CC(C)NS(=O)(=O)c1ccc(NCc2cn3cccnc3n2)cc1. The lowest BCUT2D eigenvalue weighted by Crippen LogP contribution is -2.30. The summed E-state index contributed by atoms with van der Waals surface area (Å²) in [6.45, 7) is 4.11. The van der Waals surface area contributed by atoms with Gasteiger partial charge in [-0.1, -0.05) is 0 Å². The van der Waals surface area contributed by atoms with E-state index in [9.17, 15) is 8.42 Å². The number of fused-ring (bicyclic) bond motifs is 1. The van der Waals surface area contributed by atoms with Crippen LogP contribution in [0, 0.1) is 0 Å². The third-order valence-electron chi connectivity index (χ3n) is 3.31. The van der Waals surface area contributed by atoms with Crippen molar-refractivity contribution >= 4 is 21.5 Å². The van der Waals surface area contributed by atoms with Crippen LogP contribution in [0.15, 0.2) is 53.8 Å². The van der Waals surface area contributed by atoms with Gasteiger partial charge in [-0.05, 0) is 44.2 Å². The van der Waals surface area contributed by atoms with Gasteiger partial charge in [0.05, 0.1) is 17.1 Å². The van der Waals surface area contributed by atoms with E-state index >= 15 is 0 Å². The molecule has 126 valence electrons. The average Bonchev–Trinajstić information content (AvgIpc) is 2.95. The molecule has 0 amide bonds. The minimum atomic E-state index is -3.46. The average molecular weight is 345 g/mol. The van der Waals surface area contributed by atoms with Crippen molar-refractivity contribution < 1.29 is 8.42 Å². The highest BCUT2D eigenvalue weighted by atomic mass is 32.2. The molecule has 0 saturated heterocycles. The molecule has 0 bridgehead atoms. The maximum absolute atomic E-state index is 12.1. The fraction of sp³-hybridized carbons (Fsp3) is 0.250. The van der Waals surface area contributed by atoms with Gasteiger partial charge < -0.3 is 5.32 Å². The fourth-order valence-electron chi connectivity index (χ4n) is 2.29. The second-order valence-corrected chi connectivity index (χ2v) is 7.43. The number of aromatic nitrogens is 3. The number of hydrogen-bond donors (Lipinski definition) is 2. The third-order valence-corrected chi connectivity index (χ3v) is 4.99. The first-order valence-corrected chi connectivity index (χ1v) is 9.07. The van der Waals surface area contributed by atoms with Crippen molar-refractivity contribution in [1.82, 2.24) is 19.1 Å². The summed E-state index contributed by atoms with van der Waals surface area (Å²) >= 11 is 0. The molecule has 0 atom stereocenters. The number of rotatable bonds is 6. The van der Waals surface area contributed by atoms with Gasteiger partial charge in [0.15, 0.2) is 0 Å². The number of hydrogen-bond acceptors (Lipinski definition) is 5. The van der Waals surface area contributed by atoms with Gasteiger partial charge in [0.1, 0.15) is 0 Å². The largest absolute Gasteiger partial charge is 0.379 e. The molecule has 0 radical (unpaired) electrons. The number of nitrogens with one attached hydrogen (secondary N) is 2. The van der Waals surface area contributed by atoms with Crippen molar-refractivity contribution in [3.8, 4) is 0 Å². The molecular formula is C16H19N5O2S. The van der Waals surface area contributed by atoms with E-state index in [4.69, 9.17) is 0 Å². The Morgan fingerprint density at radius 1 is 1.21 bits per heavy atom. The lowest BCUT2D eigenvalue weighted by Gasteiger charge is -2.10. The van der Waals surface area contributed by atoms with Crippen molar-refractivity contribution in [2.75, 3.05) is 5.32 Å². The van der Waals surface area contributed by atoms with Crippen LogP contribution in [-0.4, -0.2) is 28.8 Å². The highest BCUT2D eigenvalue weighted by molar-refractivity contribution is 7.89. The number of imidazole rings is 1. The van der Waals surface area contributed by atoms with Crippen molar-refractivity contribution in [2.24, 2.45) is 0 Å². The summed E-state index contributed by atoms with van der Waals surface area (Å²) in [7, 11) is -3.46. The zero-order valence-corrected chi connectivity index (χ0v) is 14.3. The molecule has 0 unspecified atom stereocenters. The molecule has 3 rings (SSSR count). The van der Waals surface area contributed by atoms with Crippen LogP contribution in [0.5, 0.6) is 0 Å². The molecule has 24 heavy (non-hydrogen) atoms. The highest BCUT2D eigenvalue weighted by Gasteiger charge is 2.14. The molecule has 3 aromatic rings. The third kappa shape index (κ3) is 3.72. The molecular weight excluding hydrogens is 326 g/mol. The quantitative estimate of drug-likeness (QED) is 0.714. The second-order valence-electron chi connectivity index (χ2n) is 5.71. The van der Waals surface area contributed by atoms with Gasteiger partial charge in [-0.25, -0.2) is 23.1 Å². The van der Waals surface area contributed by atoms with Crippen LogP contribution in [0.1, 0.15) is 19.5 Å². The van der Waals surface area contributed by atoms with Gasteiger partial charge in [-0.3, -0.25) is 4.40 Å². The Labute approximate surface area is 140 Å². The molecule has 0 aliphatic heterocycles. The molecule has 2 heterocycles. The Hall–Kier alpha value is -2.45. The zero-order chi connectivity index (χ0) is 17.2. The first kappa shape index (κ1) is 16.4. The van der Waals surface area contributed by atoms with Crippen LogP contribution in [-0.2, 0) is 16.6 Å². The van der Waals surface area contributed by atoms with Gasteiger partial charge >= 0.3 is 0 Å². The van der Waals surface area contributed by atoms with Crippen molar-refractivity contribution in [3.63, 3.8) is 0 Å². The molecule has 2 aromatic heterocycles. The molecule has 7 nitrogen and oxygen atoms in total. The molecule has 1 aromatic carbocycles. The molecule has 0 fully saturated rings. The van der Waals surface area contributed by atoms with E-state index in [2.05, 4.69) is 20.0 Å². The predicted molar refractivity (Wildman–Crippen MR) is 92.2 cm³/mol. The van der Waals surface area contributed by atoms with Gasteiger partial charge in [-0.2, -0.15) is 0 Å². The predicted octanol–water partition coefficient (Wildman–Crippen LogP) is 2.03. The summed E-state index contributed by atoms with van der Waals surface area (Å²) in [5.74, 6) is 0.649. The van der Waals surface area contributed by atoms with Gasteiger partial charge in [-0.15, -0.1) is 0 Å². The standard InChI is InChI=1S/C16H19N5O2S/c1-12(2)20-24(22,23)15-6-4-13(5-7-15)18-10-14-11-21-9-3-8-17-16(21)19-14/h3-9,11-12,18,20H,10H2,1-2H3. The first-order chi connectivity index (χ1) is 11.4. The van der Waals surface area contributed by atoms with E-state index in [1.807, 2.05) is 22.9 Å². The first-order valence-electron chi connectivity index (χ1n) is 7.59. The molecule has 0 saturated carbocycles. The normalized spacial score (nSPS) is 12.0. The Morgan fingerprint density at radius 3 is 2.62 bits per heavy atom. The lowest BCUT2D eigenvalue weighted by atomic mass is 10.3.